The highest BCUT2D eigenvalue weighted by atomic mass is 35.5. The third-order valence-electron chi connectivity index (χ3n) is 5.06. The van der Waals surface area contributed by atoms with Crippen LogP contribution in [0, 0.1) is 0 Å². The first-order valence-electron chi connectivity index (χ1n) is 9.68. The Labute approximate surface area is 177 Å². The van der Waals surface area contributed by atoms with Gasteiger partial charge in [-0.25, -0.2) is 0 Å². The highest BCUT2D eigenvalue weighted by Gasteiger charge is 2.46. The minimum absolute atomic E-state index is 0.271. The highest BCUT2D eigenvalue weighted by molar-refractivity contribution is 7.39. The second kappa shape index (κ2) is 11.1. The van der Waals surface area contributed by atoms with E-state index in [4.69, 9.17) is 43.2 Å². The van der Waals surface area contributed by atoms with E-state index in [1.165, 1.54) is 37.0 Å². The van der Waals surface area contributed by atoms with Gasteiger partial charge in [-0.05, 0) is 37.0 Å². The van der Waals surface area contributed by atoms with E-state index in [0.29, 0.717) is 28.7 Å². The maximum atomic E-state index is 12.8. The summed E-state index contributed by atoms with van der Waals surface area (Å²) in [7, 11) is -2.57. The van der Waals surface area contributed by atoms with Crippen LogP contribution >= 0.6 is 31.8 Å². The number of anilines is 1. The van der Waals surface area contributed by atoms with Crippen molar-refractivity contribution in [3.63, 3.8) is 0 Å². The molecule has 9 heteroatoms. The van der Waals surface area contributed by atoms with Gasteiger partial charge in [0.1, 0.15) is 5.54 Å². The number of unbranched alkanes of at least 4 members (excludes halogenated alkanes) is 5. The fraction of sp³-hybridized carbons (Fsp3) is 0.632. The lowest BCUT2D eigenvalue weighted by Gasteiger charge is -2.24. The molecule has 1 unspecified atom stereocenters. The number of rotatable bonds is 11. The van der Waals surface area contributed by atoms with Gasteiger partial charge in [0.05, 0.1) is 22.3 Å². The Balaban J connectivity index is 2.02. The van der Waals surface area contributed by atoms with Gasteiger partial charge in [0.15, 0.2) is 0 Å². The lowest BCUT2D eigenvalue weighted by atomic mass is 10.0. The molecule has 1 heterocycles. The number of nitrogens with two attached hydrogens (primary N) is 1. The quantitative estimate of drug-likeness (QED) is 0.339. The maximum absolute atomic E-state index is 12.8. The standard InChI is InChI=1S/C19H29Cl2N2O4P/c1-2-3-4-5-6-7-8-14-11-15(20)17(16(21)12-14)23-10-9-19(22,18(23)24)13-27-28(25)26/h11-12,25-26H,2-10,13,22H2,1H3. The van der Waals surface area contributed by atoms with Crippen LogP contribution < -0.4 is 10.6 Å². The van der Waals surface area contributed by atoms with Crippen molar-refractivity contribution in [1.29, 1.82) is 0 Å². The number of nitrogens with zero attached hydrogens (tertiary/aromatic N) is 1. The van der Waals surface area contributed by atoms with Gasteiger partial charge in [-0.15, -0.1) is 0 Å². The molecule has 1 atom stereocenters. The molecule has 0 saturated carbocycles. The molecule has 6 nitrogen and oxygen atoms in total. The van der Waals surface area contributed by atoms with Crippen molar-refractivity contribution in [1.82, 2.24) is 0 Å². The second-order valence-electron chi connectivity index (χ2n) is 7.31. The second-order valence-corrected chi connectivity index (χ2v) is 8.89. The van der Waals surface area contributed by atoms with Crippen molar-refractivity contribution in [3.8, 4) is 0 Å². The zero-order valence-electron chi connectivity index (χ0n) is 16.2. The number of halogens is 2. The molecule has 28 heavy (non-hydrogen) atoms. The van der Waals surface area contributed by atoms with Crippen molar-refractivity contribution < 1.29 is 19.1 Å². The molecule has 2 rings (SSSR count). The van der Waals surface area contributed by atoms with Crippen molar-refractivity contribution in [2.24, 2.45) is 5.73 Å². The topological polar surface area (TPSA) is 96.0 Å². The van der Waals surface area contributed by atoms with Crippen LogP contribution in [0.4, 0.5) is 5.69 Å². The lowest BCUT2D eigenvalue weighted by Crippen LogP contribution is -2.51. The Morgan fingerprint density at radius 2 is 1.79 bits per heavy atom. The molecule has 1 fully saturated rings. The summed E-state index contributed by atoms with van der Waals surface area (Å²) in [5, 5.41) is 0.831. The number of hydrogen-bond donors (Lipinski definition) is 3. The third-order valence-corrected chi connectivity index (χ3v) is 5.99. The van der Waals surface area contributed by atoms with Crippen molar-refractivity contribution in [2.45, 2.75) is 63.8 Å². The van der Waals surface area contributed by atoms with Gasteiger partial charge >= 0.3 is 8.60 Å². The highest BCUT2D eigenvalue weighted by Crippen LogP contribution is 2.40. The van der Waals surface area contributed by atoms with Gasteiger partial charge in [-0.2, -0.15) is 0 Å². The number of amides is 1. The normalized spacial score (nSPS) is 19.8. The Morgan fingerprint density at radius 1 is 1.18 bits per heavy atom. The van der Waals surface area contributed by atoms with Crippen LogP contribution in [0.3, 0.4) is 0 Å². The molecule has 158 valence electrons. The lowest BCUT2D eigenvalue weighted by molar-refractivity contribution is -0.122. The average Bonchev–Trinajstić information content (AvgIpc) is 2.92. The third kappa shape index (κ3) is 6.27. The number of carbonyl (C=O) groups excluding carboxylic acids is 1. The predicted molar refractivity (Wildman–Crippen MR) is 115 cm³/mol. The zero-order valence-corrected chi connectivity index (χ0v) is 18.6. The van der Waals surface area contributed by atoms with Crippen LogP contribution in [0.5, 0.6) is 0 Å². The molecule has 1 aliphatic heterocycles. The first-order valence-corrected chi connectivity index (χ1v) is 11.6. The fourth-order valence-corrected chi connectivity index (χ4v) is 4.52. The summed E-state index contributed by atoms with van der Waals surface area (Å²) in [4.78, 5) is 32.1. The first kappa shape index (κ1) is 23.8. The minimum Gasteiger partial charge on any atom is -0.328 e. The molecule has 0 aromatic heterocycles. The largest absolute Gasteiger partial charge is 0.328 e. The van der Waals surface area contributed by atoms with E-state index < -0.39 is 20.0 Å². The average molecular weight is 451 g/mol. The summed E-state index contributed by atoms with van der Waals surface area (Å²) in [5.41, 5.74) is 6.28. The van der Waals surface area contributed by atoms with Crippen LogP contribution in [0.15, 0.2) is 12.1 Å². The Kier molecular flexibility index (Phi) is 9.42. The van der Waals surface area contributed by atoms with Gasteiger partial charge in [0.2, 0.25) is 5.91 Å². The summed E-state index contributed by atoms with van der Waals surface area (Å²) in [6.45, 7) is 2.27. The van der Waals surface area contributed by atoms with Gasteiger partial charge < -0.3 is 24.9 Å². The van der Waals surface area contributed by atoms with Crippen molar-refractivity contribution in [2.75, 3.05) is 18.1 Å². The fourth-order valence-electron chi connectivity index (χ4n) is 3.44. The van der Waals surface area contributed by atoms with Gasteiger partial charge in [0.25, 0.3) is 0 Å². The van der Waals surface area contributed by atoms with E-state index >= 15 is 0 Å². The first-order chi connectivity index (χ1) is 13.3. The van der Waals surface area contributed by atoms with E-state index in [1.807, 2.05) is 12.1 Å². The van der Waals surface area contributed by atoms with Crippen LogP contribution in [-0.4, -0.2) is 34.4 Å². The van der Waals surface area contributed by atoms with Crippen LogP contribution in [0.1, 0.15) is 57.4 Å². The van der Waals surface area contributed by atoms with E-state index in [-0.39, 0.29) is 6.61 Å². The smallest absolute Gasteiger partial charge is 0.327 e. The van der Waals surface area contributed by atoms with Gasteiger partial charge in [0, 0.05) is 6.54 Å². The van der Waals surface area contributed by atoms with E-state index in [0.717, 1.165) is 18.4 Å². The molecule has 0 aliphatic carbocycles. The molecule has 1 saturated heterocycles. The predicted octanol–water partition coefficient (Wildman–Crippen LogP) is 4.56. The molecular formula is C19H29Cl2N2O4P. The maximum Gasteiger partial charge on any atom is 0.327 e. The Bertz CT molecular complexity index is 654. The molecule has 1 aromatic carbocycles. The van der Waals surface area contributed by atoms with Crippen molar-refractivity contribution >= 4 is 43.4 Å². The van der Waals surface area contributed by atoms with Gasteiger partial charge in [-0.1, -0.05) is 62.2 Å². The van der Waals surface area contributed by atoms with E-state index in [9.17, 15) is 4.79 Å². The number of hydrogen-bond acceptors (Lipinski definition) is 5. The molecule has 1 amide bonds. The van der Waals surface area contributed by atoms with E-state index in [1.54, 1.807) is 0 Å². The molecule has 0 spiro atoms. The Hall–Kier alpha value is -0.460. The van der Waals surface area contributed by atoms with Crippen LogP contribution in [0.2, 0.25) is 10.0 Å². The molecule has 4 N–H and O–H groups in total. The van der Waals surface area contributed by atoms with Crippen molar-refractivity contribution in [3.05, 3.63) is 27.7 Å². The number of aryl methyl sites for hydroxylation is 1. The zero-order chi connectivity index (χ0) is 20.7. The number of carbonyl (C=O) groups is 1. The van der Waals surface area contributed by atoms with Crippen LogP contribution in [-0.2, 0) is 15.7 Å². The minimum atomic E-state index is -2.57. The number of benzene rings is 1. The monoisotopic (exact) mass is 450 g/mol. The molecule has 0 bridgehead atoms. The SMILES string of the molecule is CCCCCCCCc1cc(Cl)c(N2CCC(N)(COP(O)O)C2=O)c(Cl)c1. The van der Waals surface area contributed by atoms with Gasteiger partial charge in [-0.3, -0.25) is 4.79 Å². The molecular weight excluding hydrogens is 422 g/mol. The summed E-state index contributed by atoms with van der Waals surface area (Å²) in [6, 6.07) is 3.71. The summed E-state index contributed by atoms with van der Waals surface area (Å²) < 4.78 is 4.78. The molecule has 1 aliphatic rings. The Morgan fingerprint density at radius 3 is 2.39 bits per heavy atom. The summed E-state index contributed by atoms with van der Waals surface area (Å²) >= 11 is 12.9. The summed E-state index contributed by atoms with van der Waals surface area (Å²) in [6.07, 6.45) is 8.48. The molecule has 0 radical (unpaired) electrons. The summed E-state index contributed by atoms with van der Waals surface area (Å²) in [5.74, 6) is -0.392. The molecule has 1 aromatic rings. The van der Waals surface area contributed by atoms with Crippen LogP contribution in [0.25, 0.3) is 0 Å². The van der Waals surface area contributed by atoms with E-state index in [2.05, 4.69) is 6.92 Å².